The van der Waals surface area contributed by atoms with Crippen molar-refractivity contribution in [1.82, 2.24) is 9.80 Å². The number of likely N-dealkylation sites (N-methyl/N-ethyl adjacent to an activating group) is 1. The molecule has 0 radical (unpaired) electrons. The molecule has 2 unspecified atom stereocenters. The summed E-state index contributed by atoms with van der Waals surface area (Å²) in [5, 5.41) is 0. The van der Waals surface area contributed by atoms with Gasteiger partial charge in [0.15, 0.2) is 0 Å². The van der Waals surface area contributed by atoms with E-state index in [2.05, 4.69) is 11.9 Å². The van der Waals surface area contributed by atoms with Crippen molar-refractivity contribution in [2.75, 3.05) is 53.0 Å². The minimum Gasteiger partial charge on any atom is -0.371 e. The minimum atomic E-state index is 0.135. The number of rotatable bonds is 5. The summed E-state index contributed by atoms with van der Waals surface area (Å²) in [4.78, 5) is 16.1. The molecule has 1 saturated heterocycles. The van der Waals surface area contributed by atoms with Gasteiger partial charge < -0.3 is 20.3 Å². The van der Waals surface area contributed by atoms with E-state index < -0.39 is 0 Å². The number of carbonyl (C=O) groups is 1. The van der Waals surface area contributed by atoms with Gasteiger partial charge in [-0.25, -0.2) is 0 Å². The monoisotopic (exact) mass is 269 g/mol. The zero-order valence-corrected chi connectivity index (χ0v) is 12.0. The molecule has 0 spiro atoms. The summed E-state index contributed by atoms with van der Waals surface area (Å²) in [6, 6.07) is 0. The Hall–Kier alpha value is -0.650. The first-order valence-corrected chi connectivity index (χ1v) is 7.45. The molecule has 0 aromatic heterocycles. The molecule has 110 valence electrons. The van der Waals surface area contributed by atoms with Gasteiger partial charge in [-0.05, 0) is 38.3 Å². The predicted molar refractivity (Wildman–Crippen MR) is 74.8 cm³/mol. The SMILES string of the molecule is CN1CCN(C(=O)COCC2CCCC2CN)CC1. The van der Waals surface area contributed by atoms with E-state index in [1.54, 1.807) is 0 Å². The quantitative estimate of drug-likeness (QED) is 0.772. The third kappa shape index (κ3) is 4.16. The van der Waals surface area contributed by atoms with Crippen LogP contribution in [0.1, 0.15) is 19.3 Å². The van der Waals surface area contributed by atoms with Crippen LogP contribution in [0.4, 0.5) is 0 Å². The second-order valence-corrected chi connectivity index (χ2v) is 5.89. The third-order valence-electron chi connectivity index (χ3n) is 4.53. The summed E-state index contributed by atoms with van der Waals surface area (Å²) < 4.78 is 5.63. The lowest BCUT2D eigenvalue weighted by Gasteiger charge is -2.32. The van der Waals surface area contributed by atoms with Crippen LogP contribution in [0.25, 0.3) is 0 Å². The third-order valence-corrected chi connectivity index (χ3v) is 4.53. The van der Waals surface area contributed by atoms with Gasteiger partial charge in [-0.1, -0.05) is 6.42 Å². The highest BCUT2D eigenvalue weighted by molar-refractivity contribution is 5.77. The maximum absolute atomic E-state index is 12.0. The number of amides is 1. The lowest BCUT2D eigenvalue weighted by Crippen LogP contribution is -2.48. The molecule has 0 aromatic rings. The Labute approximate surface area is 116 Å². The summed E-state index contributed by atoms with van der Waals surface area (Å²) in [5.74, 6) is 1.29. The average molecular weight is 269 g/mol. The standard InChI is InChI=1S/C14H27N3O2/c1-16-5-7-17(8-6-16)14(18)11-19-10-13-4-2-3-12(13)9-15/h12-13H,2-11,15H2,1H3. The van der Waals surface area contributed by atoms with E-state index in [9.17, 15) is 4.79 Å². The Kier molecular flexibility index (Phi) is 5.60. The van der Waals surface area contributed by atoms with Gasteiger partial charge in [0.1, 0.15) is 6.61 Å². The Balaban J connectivity index is 1.64. The van der Waals surface area contributed by atoms with Crippen molar-refractivity contribution < 1.29 is 9.53 Å². The van der Waals surface area contributed by atoms with Gasteiger partial charge in [0.2, 0.25) is 5.91 Å². The van der Waals surface area contributed by atoms with Gasteiger partial charge in [0, 0.05) is 26.2 Å². The molecule has 0 bridgehead atoms. The van der Waals surface area contributed by atoms with Crippen LogP contribution in [0.2, 0.25) is 0 Å². The zero-order chi connectivity index (χ0) is 13.7. The fourth-order valence-electron chi connectivity index (χ4n) is 3.09. The Morgan fingerprint density at radius 2 is 1.89 bits per heavy atom. The molecule has 1 amide bonds. The molecule has 2 N–H and O–H groups in total. The van der Waals surface area contributed by atoms with Crippen molar-refractivity contribution in [3.63, 3.8) is 0 Å². The number of nitrogens with zero attached hydrogens (tertiary/aromatic N) is 2. The molecular weight excluding hydrogens is 242 g/mol. The molecule has 0 aromatic carbocycles. The topological polar surface area (TPSA) is 58.8 Å². The van der Waals surface area contributed by atoms with Crippen molar-refractivity contribution in [3.8, 4) is 0 Å². The van der Waals surface area contributed by atoms with E-state index in [-0.39, 0.29) is 12.5 Å². The van der Waals surface area contributed by atoms with E-state index in [1.807, 2.05) is 4.90 Å². The Bertz CT molecular complexity index is 290. The van der Waals surface area contributed by atoms with Gasteiger partial charge in [0.05, 0.1) is 6.61 Å². The molecule has 5 nitrogen and oxygen atoms in total. The fourth-order valence-corrected chi connectivity index (χ4v) is 3.09. The van der Waals surface area contributed by atoms with Gasteiger partial charge in [0.25, 0.3) is 0 Å². The van der Waals surface area contributed by atoms with Crippen LogP contribution >= 0.6 is 0 Å². The molecule has 1 aliphatic carbocycles. The van der Waals surface area contributed by atoms with Crippen molar-refractivity contribution >= 4 is 5.91 Å². The molecule has 2 fully saturated rings. The second-order valence-electron chi connectivity index (χ2n) is 5.89. The van der Waals surface area contributed by atoms with Crippen LogP contribution in [-0.4, -0.2) is 68.7 Å². The van der Waals surface area contributed by atoms with Crippen molar-refractivity contribution in [2.45, 2.75) is 19.3 Å². The number of carbonyl (C=O) groups excluding carboxylic acids is 1. The molecule has 2 atom stereocenters. The minimum absolute atomic E-state index is 0.135. The van der Waals surface area contributed by atoms with E-state index in [0.29, 0.717) is 18.4 Å². The van der Waals surface area contributed by atoms with Gasteiger partial charge >= 0.3 is 0 Å². The van der Waals surface area contributed by atoms with Crippen LogP contribution in [-0.2, 0) is 9.53 Å². The summed E-state index contributed by atoms with van der Waals surface area (Å²) in [7, 11) is 2.09. The van der Waals surface area contributed by atoms with Crippen molar-refractivity contribution in [2.24, 2.45) is 17.6 Å². The maximum atomic E-state index is 12.0. The molecule has 1 heterocycles. The first kappa shape index (κ1) is 14.8. The Morgan fingerprint density at radius 1 is 1.21 bits per heavy atom. The number of nitrogens with two attached hydrogens (primary N) is 1. The maximum Gasteiger partial charge on any atom is 0.248 e. The van der Waals surface area contributed by atoms with E-state index in [0.717, 1.165) is 32.7 Å². The summed E-state index contributed by atoms with van der Waals surface area (Å²) in [6.07, 6.45) is 3.67. The largest absolute Gasteiger partial charge is 0.371 e. The van der Waals surface area contributed by atoms with E-state index in [4.69, 9.17) is 10.5 Å². The van der Waals surface area contributed by atoms with E-state index in [1.165, 1.54) is 19.3 Å². The Morgan fingerprint density at radius 3 is 2.58 bits per heavy atom. The van der Waals surface area contributed by atoms with Crippen LogP contribution in [0, 0.1) is 11.8 Å². The highest BCUT2D eigenvalue weighted by atomic mass is 16.5. The smallest absolute Gasteiger partial charge is 0.248 e. The van der Waals surface area contributed by atoms with Gasteiger partial charge in [-0.3, -0.25) is 4.79 Å². The van der Waals surface area contributed by atoms with Crippen LogP contribution in [0.15, 0.2) is 0 Å². The lowest BCUT2D eigenvalue weighted by molar-refractivity contribution is -0.138. The number of hydrogen-bond donors (Lipinski definition) is 1. The van der Waals surface area contributed by atoms with Gasteiger partial charge in [-0.2, -0.15) is 0 Å². The average Bonchev–Trinajstić information content (AvgIpc) is 2.87. The first-order chi connectivity index (χ1) is 9.20. The molecule has 2 rings (SSSR count). The lowest BCUT2D eigenvalue weighted by atomic mass is 9.97. The molecular formula is C14H27N3O2. The number of piperazine rings is 1. The van der Waals surface area contributed by atoms with E-state index >= 15 is 0 Å². The molecule has 2 aliphatic rings. The van der Waals surface area contributed by atoms with Gasteiger partial charge in [-0.15, -0.1) is 0 Å². The summed E-state index contributed by atoms with van der Waals surface area (Å²) in [5.41, 5.74) is 5.75. The highest BCUT2D eigenvalue weighted by Crippen LogP contribution is 2.30. The molecule has 19 heavy (non-hydrogen) atoms. The zero-order valence-electron chi connectivity index (χ0n) is 12.0. The van der Waals surface area contributed by atoms with Crippen LogP contribution in [0.5, 0.6) is 0 Å². The number of ether oxygens (including phenoxy) is 1. The normalized spacial score (nSPS) is 28.8. The number of hydrogen-bond acceptors (Lipinski definition) is 4. The second kappa shape index (κ2) is 7.22. The highest BCUT2D eigenvalue weighted by Gasteiger charge is 2.26. The van der Waals surface area contributed by atoms with Crippen molar-refractivity contribution in [1.29, 1.82) is 0 Å². The first-order valence-electron chi connectivity index (χ1n) is 7.45. The molecule has 1 saturated carbocycles. The van der Waals surface area contributed by atoms with Crippen LogP contribution in [0.3, 0.4) is 0 Å². The van der Waals surface area contributed by atoms with Crippen LogP contribution < -0.4 is 5.73 Å². The predicted octanol–water partition coefficient (Wildman–Crippen LogP) is 0.152. The van der Waals surface area contributed by atoms with Crippen molar-refractivity contribution in [3.05, 3.63) is 0 Å². The fraction of sp³-hybridized carbons (Fsp3) is 0.929. The summed E-state index contributed by atoms with van der Waals surface area (Å²) in [6.45, 7) is 5.26. The molecule has 5 heteroatoms. The summed E-state index contributed by atoms with van der Waals surface area (Å²) >= 11 is 0. The molecule has 1 aliphatic heterocycles.